The van der Waals surface area contributed by atoms with Crippen molar-refractivity contribution in [2.75, 3.05) is 25.7 Å². The molecular formula is C23H23N5O2. The highest BCUT2D eigenvalue weighted by Gasteiger charge is 2.22. The summed E-state index contributed by atoms with van der Waals surface area (Å²) in [5, 5.41) is 5.34. The molecule has 0 unspecified atom stereocenters. The number of rotatable bonds is 4. The smallest absolute Gasteiger partial charge is 0.161 e. The standard InChI is InChI=1S/C23H23N5O2/c1-27-12-18(11-26-27)15-4-5-20-19(8-15)23(25-14-24-20)28-7-6-16-9-21(29-2)22(30-3)10-17(16)13-28/h4-5,8-12,14H,6-7,13H2,1-3H3. The van der Waals surface area contributed by atoms with E-state index in [1.54, 1.807) is 20.5 Å². The highest BCUT2D eigenvalue weighted by molar-refractivity contribution is 5.92. The Kier molecular flexibility index (Phi) is 4.50. The van der Waals surface area contributed by atoms with Crippen LogP contribution in [0.5, 0.6) is 11.5 Å². The summed E-state index contributed by atoms with van der Waals surface area (Å²) in [5.74, 6) is 2.48. The molecule has 0 aliphatic carbocycles. The zero-order valence-electron chi connectivity index (χ0n) is 17.3. The van der Waals surface area contributed by atoms with E-state index in [2.05, 4.69) is 50.3 Å². The summed E-state index contributed by atoms with van der Waals surface area (Å²) in [6, 6.07) is 10.5. The summed E-state index contributed by atoms with van der Waals surface area (Å²) < 4.78 is 12.8. The molecule has 0 fully saturated rings. The van der Waals surface area contributed by atoms with Gasteiger partial charge in [-0.05, 0) is 47.4 Å². The zero-order chi connectivity index (χ0) is 20.7. The molecule has 5 rings (SSSR count). The quantitative estimate of drug-likeness (QED) is 0.521. The first kappa shape index (κ1) is 18.4. The maximum Gasteiger partial charge on any atom is 0.161 e. The van der Waals surface area contributed by atoms with Crippen molar-refractivity contribution in [2.45, 2.75) is 13.0 Å². The molecule has 7 nitrogen and oxygen atoms in total. The molecule has 0 saturated heterocycles. The van der Waals surface area contributed by atoms with Crippen molar-refractivity contribution in [3.05, 3.63) is 60.2 Å². The third-order valence-corrected chi connectivity index (χ3v) is 5.67. The van der Waals surface area contributed by atoms with Crippen molar-refractivity contribution in [3.8, 4) is 22.6 Å². The van der Waals surface area contributed by atoms with Crippen molar-refractivity contribution in [1.29, 1.82) is 0 Å². The number of hydrogen-bond donors (Lipinski definition) is 0. The van der Waals surface area contributed by atoms with Crippen LogP contribution in [-0.4, -0.2) is 40.5 Å². The number of fused-ring (bicyclic) bond motifs is 2. The fourth-order valence-electron chi connectivity index (χ4n) is 4.11. The minimum atomic E-state index is 0.754. The average molecular weight is 401 g/mol. The maximum absolute atomic E-state index is 5.50. The van der Waals surface area contributed by atoms with Gasteiger partial charge in [0.1, 0.15) is 12.1 Å². The van der Waals surface area contributed by atoms with Crippen LogP contribution in [0.2, 0.25) is 0 Å². The zero-order valence-corrected chi connectivity index (χ0v) is 17.3. The summed E-state index contributed by atoms with van der Waals surface area (Å²) in [7, 11) is 5.27. The van der Waals surface area contributed by atoms with Crippen molar-refractivity contribution >= 4 is 16.7 Å². The molecular weight excluding hydrogens is 378 g/mol. The van der Waals surface area contributed by atoms with Crippen LogP contribution in [0.4, 0.5) is 5.82 Å². The SMILES string of the molecule is COc1cc2c(cc1OC)CN(c1ncnc3ccc(-c4cnn(C)c4)cc13)CC2. The molecule has 1 aliphatic heterocycles. The van der Waals surface area contributed by atoms with E-state index in [4.69, 9.17) is 9.47 Å². The lowest BCUT2D eigenvalue weighted by atomic mass is 9.98. The Balaban J connectivity index is 1.55. The van der Waals surface area contributed by atoms with Gasteiger partial charge in [-0.3, -0.25) is 4.68 Å². The number of anilines is 1. The normalized spacial score (nSPS) is 13.4. The van der Waals surface area contributed by atoms with E-state index in [-0.39, 0.29) is 0 Å². The van der Waals surface area contributed by atoms with Crippen LogP contribution < -0.4 is 14.4 Å². The predicted molar refractivity (Wildman–Crippen MR) is 116 cm³/mol. The monoisotopic (exact) mass is 401 g/mol. The van der Waals surface area contributed by atoms with Crippen molar-refractivity contribution in [2.24, 2.45) is 7.05 Å². The molecule has 0 bridgehead atoms. The summed E-state index contributed by atoms with van der Waals surface area (Å²) in [4.78, 5) is 11.4. The lowest BCUT2D eigenvalue weighted by molar-refractivity contribution is 0.353. The third-order valence-electron chi connectivity index (χ3n) is 5.67. The van der Waals surface area contributed by atoms with Gasteiger partial charge in [0.25, 0.3) is 0 Å². The highest BCUT2D eigenvalue weighted by Crippen LogP contribution is 2.36. The molecule has 4 aromatic rings. The van der Waals surface area contributed by atoms with Crippen LogP contribution in [0.25, 0.3) is 22.0 Å². The van der Waals surface area contributed by atoms with E-state index in [1.807, 2.05) is 24.1 Å². The predicted octanol–water partition coefficient (Wildman–Crippen LogP) is 3.61. The van der Waals surface area contributed by atoms with Crippen molar-refractivity contribution in [1.82, 2.24) is 19.7 Å². The first-order chi connectivity index (χ1) is 14.7. The van der Waals surface area contributed by atoms with Crippen LogP contribution >= 0.6 is 0 Å². The molecule has 152 valence electrons. The van der Waals surface area contributed by atoms with E-state index >= 15 is 0 Å². The number of nitrogens with zero attached hydrogens (tertiary/aromatic N) is 5. The Morgan fingerprint density at radius 1 is 0.933 bits per heavy atom. The largest absolute Gasteiger partial charge is 0.493 e. The second kappa shape index (κ2) is 7.33. The molecule has 3 heterocycles. The number of aryl methyl sites for hydroxylation is 1. The van der Waals surface area contributed by atoms with Crippen LogP contribution in [0.3, 0.4) is 0 Å². The summed E-state index contributed by atoms with van der Waals surface area (Å²) in [6.07, 6.45) is 6.46. The Labute approximate surface area is 174 Å². The molecule has 0 amide bonds. The van der Waals surface area contributed by atoms with Gasteiger partial charge >= 0.3 is 0 Å². The number of aromatic nitrogens is 4. The van der Waals surface area contributed by atoms with Gasteiger partial charge in [-0.25, -0.2) is 9.97 Å². The van der Waals surface area contributed by atoms with Crippen LogP contribution in [0.15, 0.2) is 49.1 Å². The van der Waals surface area contributed by atoms with Crippen LogP contribution in [0.1, 0.15) is 11.1 Å². The Bertz CT molecular complexity index is 1230. The molecule has 0 saturated carbocycles. The third kappa shape index (κ3) is 3.12. The van der Waals surface area contributed by atoms with E-state index in [0.717, 1.165) is 58.9 Å². The summed E-state index contributed by atoms with van der Waals surface area (Å²) in [6.45, 7) is 1.64. The van der Waals surface area contributed by atoms with Crippen LogP contribution in [0, 0.1) is 0 Å². The van der Waals surface area contributed by atoms with Gasteiger partial charge < -0.3 is 14.4 Å². The molecule has 0 spiro atoms. The fourth-order valence-corrected chi connectivity index (χ4v) is 4.11. The van der Waals surface area contributed by atoms with E-state index < -0.39 is 0 Å². The number of methoxy groups -OCH3 is 2. The maximum atomic E-state index is 5.50. The number of ether oxygens (including phenoxy) is 2. The first-order valence-corrected chi connectivity index (χ1v) is 9.89. The van der Waals surface area contributed by atoms with E-state index in [9.17, 15) is 0 Å². The van der Waals surface area contributed by atoms with Gasteiger partial charge in [-0.2, -0.15) is 5.10 Å². The molecule has 1 aliphatic rings. The molecule has 0 radical (unpaired) electrons. The van der Waals surface area contributed by atoms with Gasteiger partial charge in [0.2, 0.25) is 0 Å². The molecule has 30 heavy (non-hydrogen) atoms. The fraction of sp³-hybridized carbons (Fsp3) is 0.261. The molecule has 2 aromatic heterocycles. The molecule has 0 atom stereocenters. The lowest BCUT2D eigenvalue weighted by Crippen LogP contribution is -2.31. The average Bonchev–Trinajstić information content (AvgIpc) is 3.23. The van der Waals surface area contributed by atoms with E-state index in [1.165, 1.54) is 11.1 Å². The van der Waals surface area contributed by atoms with E-state index in [0.29, 0.717) is 0 Å². The summed E-state index contributed by atoms with van der Waals surface area (Å²) in [5.41, 5.74) is 5.64. The minimum absolute atomic E-state index is 0.754. The minimum Gasteiger partial charge on any atom is -0.493 e. The summed E-state index contributed by atoms with van der Waals surface area (Å²) >= 11 is 0. The highest BCUT2D eigenvalue weighted by atomic mass is 16.5. The van der Waals surface area contributed by atoms with Gasteiger partial charge in [-0.15, -0.1) is 0 Å². The van der Waals surface area contributed by atoms with Gasteiger partial charge in [0.05, 0.1) is 25.9 Å². The Hall–Kier alpha value is -3.61. The Morgan fingerprint density at radius 3 is 2.47 bits per heavy atom. The molecule has 7 heteroatoms. The second-order valence-corrected chi connectivity index (χ2v) is 7.48. The van der Waals surface area contributed by atoms with Crippen molar-refractivity contribution in [3.63, 3.8) is 0 Å². The number of benzene rings is 2. The Morgan fingerprint density at radius 2 is 1.73 bits per heavy atom. The number of hydrogen-bond acceptors (Lipinski definition) is 6. The first-order valence-electron chi connectivity index (χ1n) is 9.89. The lowest BCUT2D eigenvalue weighted by Gasteiger charge is -2.31. The van der Waals surface area contributed by atoms with Gasteiger partial charge in [0.15, 0.2) is 11.5 Å². The molecule has 0 N–H and O–H groups in total. The topological polar surface area (TPSA) is 65.3 Å². The van der Waals surface area contributed by atoms with Gasteiger partial charge in [-0.1, -0.05) is 6.07 Å². The van der Waals surface area contributed by atoms with Crippen LogP contribution in [-0.2, 0) is 20.0 Å². The second-order valence-electron chi connectivity index (χ2n) is 7.48. The van der Waals surface area contributed by atoms with Gasteiger partial charge in [0, 0.05) is 37.3 Å². The molecule has 2 aromatic carbocycles. The van der Waals surface area contributed by atoms with Crippen molar-refractivity contribution < 1.29 is 9.47 Å².